The maximum absolute atomic E-state index is 12.1. The van der Waals surface area contributed by atoms with Gasteiger partial charge in [0.2, 0.25) is 5.95 Å². The first kappa shape index (κ1) is 24.1. The van der Waals surface area contributed by atoms with Crippen LogP contribution in [0.25, 0.3) is 11.2 Å². The monoisotopic (exact) mass is 495 g/mol. The van der Waals surface area contributed by atoms with Gasteiger partial charge in [-0.2, -0.15) is 9.97 Å². The van der Waals surface area contributed by atoms with E-state index >= 15 is 0 Å². The fourth-order valence-electron chi connectivity index (χ4n) is 3.39. The minimum atomic E-state index is -0.408. The third-order valence-corrected chi connectivity index (χ3v) is 6.18. The van der Waals surface area contributed by atoms with E-state index in [1.165, 1.54) is 18.4 Å². The molecule has 1 aromatic carbocycles. The van der Waals surface area contributed by atoms with Crippen molar-refractivity contribution in [3.63, 3.8) is 0 Å². The molecule has 0 unspecified atom stereocenters. The molecule has 0 atom stereocenters. The lowest BCUT2D eigenvalue weighted by molar-refractivity contribution is 0.0529. The highest BCUT2D eigenvalue weighted by Crippen LogP contribution is 2.28. The summed E-state index contributed by atoms with van der Waals surface area (Å²) in [5.41, 5.74) is 3.30. The van der Waals surface area contributed by atoms with Gasteiger partial charge in [0.05, 0.1) is 31.3 Å². The molecule has 0 aliphatic heterocycles. The van der Waals surface area contributed by atoms with Gasteiger partial charge in [-0.05, 0) is 38.5 Å². The van der Waals surface area contributed by atoms with Crippen LogP contribution in [-0.2, 0) is 22.6 Å². The van der Waals surface area contributed by atoms with Gasteiger partial charge in [-0.3, -0.25) is 5.32 Å². The summed E-state index contributed by atoms with van der Waals surface area (Å²) in [5, 5.41) is 6.91. The number of anilines is 3. The van der Waals surface area contributed by atoms with Crippen molar-refractivity contribution >= 4 is 51.3 Å². The van der Waals surface area contributed by atoms with Gasteiger partial charge in [0.25, 0.3) is 0 Å². The second-order valence-electron chi connectivity index (χ2n) is 7.42. The molecule has 0 saturated heterocycles. The number of aryl methyl sites for hydroxylation is 2. The predicted molar refractivity (Wildman–Crippen MR) is 132 cm³/mol. The number of thiazole rings is 1. The number of carbonyl (C=O) groups is 2. The van der Waals surface area contributed by atoms with E-state index < -0.39 is 5.97 Å². The number of hydrogen-bond donors (Lipinski definition) is 2. The molecule has 3 aromatic heterocycles. The van der Waals surface area contributed by atoms with Crippen LogP contribution in [0.15, 0.2) is 30.6 Å². The van der Waals surface area contributed by atoms with Crippen LogP contribution in [0.1, 0.15) is 45.1 Å². The number of esters is 2. The number of nitrogens with zero attached hydrogens (tertiary/aromatic N) is 5. The summed E-state index contributed by atoms with van der Waals surface area (Å²) < 4.78 is 11.8. The minimum Gasteiger partial charge on any atom is -0.465 e. The predicted octanol–water partition coefficient (Wildman–Crippen LogP) is 3.93. The normalized spacial score (nSPS) is 10.9. The fourth-order valence-corrected chi connectivity index (χ4v) is 4.25. The molecule has 35 heavy (non-hydrogen) atoms. The van der Waals surface area contributed by atoms with Crippen LogP contribution in [0.4, 0.5) is 16.9 Å². The zero-order chi connectivity index (χ0) is 24.9. The first-order valence-corrected chi connectivity index (χ1v) is 11.8. The lowest BCUT2D eigenvalue weighted by Gasteiger charge is -2.11. The van der Waals surface area contributed by atoms with Crippen molar-refractivity contribution < 1.29 is 19.1 Å². The number of carbonyl (C=O) groups excluding carboxylic acids is 2. The van der Waals surface area contributed by atoms with Crippen molar-refractivity contribution in [2.75, 3.05) is 24.4 Å². The summed E-state index contributed by atoms with van der Waals surface area (Å²) in [7, 11) is 1.35. The van der Waals surface area contributed by atoms with Gasteiger partial charge in [0.15, 0.2) is 16.6 Å². The molecule has 12 heteroatoms. The summed E-state index contributed by atoms with van der Waals surface area (Å²) >= 11 is 1.18. The largest absolute Gasteiger partial charge is 0.465 e. The number of nitrogens with one attached hydrogen (secondary N) is 2. The molecule has 0 spiro atoms. The maximum atomic E-state index is 12.1. The standard InChI is InChI=1S/C23H25N7O4S/c1-5-30-12-25-19-16(30)18(24-11-14-7-9-15(10-8-14)20(31)33-4)27-22(28-19)29-23-26-13(3)17(35-23)21(32)34-6-2/h7-10,12H,5-6,11H2,1-4H3,(H2,24,26,27,28,29). The highest BCUT2D eigenvalue weighted by molar-refractivity contribution is 7.17. The van der Waals surface area contributed by atoms with Gasteiger partial charge in [-0.25, -0.2) is 19.6 Å². The first-order valence-electron chi connectivity index (χ1n) is 11.0. The Hall–Kier alpha value is -4.06. The van der Waals surface area contributed by atoms with Crippen LogP contribution < -0.4 is 10.6 Å². The molecule has 3 heterocycles. The number of methoxy groups -OCH3 is 1. The highest BCUT2D eigenvalue weighted by Gasteiger charge is 2.18. The molecule has 11 nitrogen and oxygen atoms in total. The molecular formula is C23H25N7O4S. The summed E-state index contributed by atoms with van der Waals surface area (Å²) in [4.78, 5) is 42.2. The van der Waals surface area contributed by atoms with E-state index in [9.17, 15) is 9.59 Å². The number of imidazole rings is 1. The molecule has 2 N–H and O–H groups in total. The second-order valence-corrected chi connectivity index (χ2v) is 8.42. The SMILES string of the molecule is CCOC(=O)c1sc(Nc2nc(NCc3ccc(C(=O)OC)cc3)c3c(ncn3CC)n2)nc1C. The van der Waals surface area contributed by atoms with Gasteiger partial charge < -0.3 is 19.4 Å². The fraction of sp³-hybridized carbons (Fsp3) is 0.304. The van der Waals surface area contributed by atoms with E-state index in [-0.39, 0.29) is 5.97 Å². The third kappa shape index (κ3) is 5.22. The lowest BCUT2D eigenvalue weighted by atomic mass is 10.1. The average Bonchev–Trinajstić information content (AvgIpc) is 3.45. The van der Waals surface area contributed by atoms with E-state index in [0.29, 0.717) is 58.4 Å². The van der Waals surface area contributed by atoms with Crippen molar-refractivity contribution in [2.24, 2.45) is 0 Å². The molecule has 0 bridgehead atoms. The van der Waals surface area contributed by atoms with Gasteiger partial charge in [-0.15, -0.1) is 0 Å². The molecule has 0 amide bonds. The minimum absolute atomic E-state index is 0.291. The van der Waals surface area contributed by atoms with Crippen molar-refractivity contribution in [3.8, 4) is 0 Å². The van der Waals surface area contributed by atoms with Crippen LogP contribution in [0.2, 0.25) is 0 Å². The Bertz CT molecular complexity index is 1360. The Morgan fingerprint density at radius 1 is 1.09 bits per heavy atom. The van der Waals surface area contributed by atoms with Gasteiger partial charge in [0, 0.05) is 13.1 Å². The van der Waals surface area contributed by atoms with Gasteiger partial charge in [0.1, 0.15) is 10.4 Å². The van der Waals surface area contributed by atoms with Gasteiger partial charge in [-0.1, -0.05) is 23.5 Å². The molecular weight excluding hydrogens is 470 g/mol. The first-order chi connectivity index (χ1) is 16.9. The summed E-state index contributed by atoms with van der Waals surface area (Å²) in [6.45, 7) is 6.97. The van der Waals surface area contributed by atoms with Crippen LogP contribution >= 0.6 is 11.3 Å². The third-order valence-electron chi connectivity index (χ3n) is 5.12. The molecule has 0 fully saturated rings. The number of aromatic nitrogens is 5. The topological polar surface area (TPSA) is 133 Å². The maximum Gasteiger partial charge on any atom is 0.350 e. The van der Waals surface area contributed by atoms with Crippen LogP contribution in [-0.4, -0.2) is 50.2 Å². The Kier molecular flexibility index (Phi) is 7.20. The van der Waals surface area contributed by atoms with E-state index in [1.54, 1.807) is 32.3 Å². The molecule has 4 rings (SSSR count). The molecule has 0 saturated carbocycles. The molecule has 4 aromatic rings. The highest BCUT2D eigenvalue weighted by atomic mass is 32.1. The molecule has 0 radical (unpaired) electrons. The average molecular weight is 496 g/mol. The quantitative estimate of drug-likeness (QED) is 0.329. The Labute approximate surface area is 205 Å². The Morgan fingerprint density at radius 2 is 1.86 bits per heavy atom. The number of ether oxygens (including phenoxy) is 2. The van der Waals surface area contributed by atoms with E-state index in [0.717, 1.165) is 11.1 Å². The van der Waals surface area contributed by atoms with Crippen LogP contribution in [0.3, 0.4) is 0 Å². The van der Waals surface area contributed by atoms with Crippen molar-refractivity contribution in [1.82, 2.24) is 24.5 Å². The second kappa shape index (κ2) is 10.5. The van der Waals surface area contributed by atoms with E-state index in [4.69, 9.17) is 9.47 Å². The zero-order valence-electron chi connectivity index (χ0n) is 19.8. The van der Waals surface area contributed by atoms with Crippen molar-refractivity contribution in [1.29, 1.82) is 0 Å². The van der Waals surface area contributed by atoms with Crippen molar-refractivity contribution in [3.05, 3.63) is 52.3 Å². The van der Waals surface area contributed by atoms with E-state index in [1.807, 2.05) is 23.6 Å². The van der Waals surface area contributed by atoms with Crippen LogP contribution in [0, 0.1) is 6.92 Å². The van der Waals surface area contributed by atoms with E-state index in [2.05, 4.69) is 30.6 Å². The smallest absolute Gasteiger partial charge is 0.350 e. The van der Waals surface area contributed by atoms with Crippen LogP contribution in [0.5, 0.6) is 0 Å². The number of rotatable bonds is 9. The summed E-state index contributed by atoms with van der Waals surface area (Å²) in [5.74, 6) is 0.0987. The van der Waals surface area contributed by atoms with Crippen molar-refractivity contribution in [2.45, 2.75) is 33.9 Å². The molecule has 0 aliphatic carbocycles. The lowest BCUT2D eigenvalue weighted by Crippen LogP contribution is -2.08. The summed E-state index contributed by atoms with van der Waals surface area (Å²) in [6.07, 6.45) is 1.71. The molecule has 0 aliphatic rings. The number of benzene rings is 1. The molecule has 182 valence electrons. The zero-order valence-corrected chi connectivity index (χ0v) is 20.6. The number of hydrogen-bond acceptors (Lipinski definition) is 11. The summed E-state index contributed by atoms with van der Waals surface area (Å²) in [6, 6.07) is 7.13. The van der Waals surface area contributed by atoms with Gasteiger partial charge >= 0.3 is 11.9 Å². The Balaban J connectivity index is 1.60. The number of fused-ring (bicyclic) bond motifs is 1. The Morgan fingerprint density at radius 3 is 2.54 bits per heavy atom.